The number of aryl methyl sites for hydroxylation is 1. The van der Waals surface area contributed by atoms with Crippen LogP contribution in [-0.2, 0) is 13.6 Å². The Morgan fingerprint density at radius 2 is 2.15 bits per heavy atom. The molecule has 1 fully saturated rings. The van der Waals surface area contributed by atoms with Crippen LogP contribution in [0.25, 0.3) is 10.6 Å². The summed E-state index contributed by atoms with van der Waals surface area (Å²) in [5, 5.41) is 7.54. The third-order valence-corrected chi connectivity index (χ3v) is 6.28. The first-order valence-corrected chi connectivity index (χ1v) is 10.2. The number of hydrogen-bond donors (Lipinski definition) is 0. The summed E-state index contributed by atoms with van der Waals surface area (Å²) >= 11 is 1.69. The van der Waals surface area contributed by atoms with Crippen molar-refractivity contribution in [2.75, 3.05) is 19.9 Å². The molecule has 27 heavy (non-hydrogen) atoms. The van der Waals surface area contributed by atoms with Gasteiger partial charge in [0, 0.05) is 48.9 Å². The Kier molecular flexibility index (Phi) is 4.33. The maximum absolute atomic E-state index is 5.49. The summed E-state index contributed by atoms with van der Waals surface area (Å²) in [6.45, 7) is 3.39. The van der Waals surface area contributed by atoms with Crippen molar-refractivity contribution in [3.8, 4) is 22.1 Å². The number of ether oxygens (including phenoxy) is 2. The summed E-state index contributed by atoms with van der Waals surface area (Å²) < 4.78 is 12.9. The molecule has 2 aromatic heterocycles. The number of nitrogens with zero attached hydrogens (tertiary/aromatic N) is 4. The van der Waals surface area contributed by atoms with Gasteiger partial charge < -0.3 is 9.47 Å². The molecule has 4 heterocycles. The van der Waals surface area contributed by atoms with Gasteiger partial charge >= 0.3 is 0 Å². The molecule has 1 saturated heterocycles. The van der Waals surface area contributed by atoms with Crippen molar-refractivity contribution in [1.82, 2.24) is 19.7 Å². The third kappa shape index (κ3) is 3.33. The van der Waals surface area contributed by atoms with Crippen molar-refractivity contribution in [3.63, 3.8) is 0 Å². The van der Waals surface area contributed by atoms with Gasteiger partial charge in [-0.05, 0) is 43.7 Å². The molecule has 1 unspecified atom stereocenters. The molecule has 7 heteroatoms. The number of fused-ring (bicyclic) bond motifs is 1. The third-order valence-electron chi connectivity index (χ3n) is 5.34. The van der Waals surface area contributed by atoms with Crippen LogP contribution in [0.1, 0.15) is 30.1 Å². The topological polar surface area (TPSA) is 52.4 Å². The second-order valence-corrected chi connectivity index (χ2v) is 8.02. The Morgan fingerprint density at radius 3 is 3.04 bits per heavy atom. The summed E-state index contributed by atoms with van der Waals surface area (Å²) in [6, 6.07) is 8.18. The van der Waals surface area contributed by atoms with Crippen LogP contribution in [0, 0.1) is 0 Å². The Balaban J connectivity index is 1.28. The average molecular weight is 382 g/mol. The van der Waals surface area contributed by atoms with Gasteiger partial charge in [0.1, 0.15) is 5.01 Å². The van der Waals surface area contributed by atoms with Crippen molar-refractivity contribution in [1.29, 1.82) is 0 Å². The van der Waals surface area contributed by atoms with E-state index in [9.17, 15) is 0 Å². The van der Waals surface area contributed by atoms with E-state index >= 15 is 0 Å². The quantitative estimate of drug-likeness (QED) is 0.689. The van der Waals surface area contributed by atoms with Crippen LogP contribution in [0.5, 0.6) is 11.5 Å². The molecule has 0 amide bonds. The molecule has 2 aliphatic heterocycles. The van der Waals surface area contributed by atoms with Crippen LogP contribution < -0.4 is 9.47 Å². The minimum atomic E-state index is 0.300. The second-order valence-electron chi connectivity index (χ2n) is 7.17. The van der Waals surface area contributed by atoms with Gasteiger partial charge in [0.25, 0.3) is 0 Å². The van der Waals surface area contributed by atoms with Crippen LogP contribution >= 0.6 is 11.3 Å². The van der Waals surface area contributed by atoms with Gasteiger partial charge in [-0.2, -0.15) is 5.10 Å². The van der Waals surface area contributed by atoms with E-state index < -0.39 is 0 Å². The maximum atomic E-state index is 5.49. The van der Waals surface area contributed by atoms with Crippen LogP contribution in [0.4, 0.5) is 0 Å². The zero-order chi connectivity index (χ0) is 18.2. The molecule has 2 aliphatic rings. The van der Waals surface area contributed by atoms with Gasteiger partial charge in [-0.25, -0.2) is 4.98 Å². The summed E-state index contributed by atoms with van der Waals surface area (Å²) in [5.74, 6) is 2.17. The summed E-state index contributed by atoms with van der Waals surface area (Å²) in [4.78, 5) is 7.38. The lowest BCUT2D eigenvalue weighted by Crippen LogP contribution is -2.34. The van der Waals surface area contributed by atoms with Crippen molar-refractivity contribution in [3.05, 3.63) is 47.2 Å². The molecule has 5 rings (SSSR count). The van der Waals surface area contributed by atoms with Gasteiger partial charge in [-0.1, -0.05) is 0 Å². The highest BCUT2D eigenvalue weighted by atomic mass is 32.1. The molecule has 3 aromatic rings. The minimum absolute atomic E-state index is 0.300. The Hall–Kier alpha value is -2.38. The standard InChI is InChI=1S/C20H22N4O2S/c1-23-17(6-7-21-23)15-3-2-8-24(10-15)11-16-12-27-20(22-16)14-4-5-18-19(9-14)26-13-25-18/h4-7,9,12,15H,2-3,8,10-11,13H2,1H3. The number of thiazole rings is 1. The fourth-order valence-electron chi connectivity index (χ4n) is 4.00. The van der Waals surface area contributed by atoms with Gasteiger partial charge in [-0.15, -0.1) is 11.3 Å². The fraction of sp³-hybridized carbons (Fsp3) is 0.400. The van der Waals surface area contributed by atoms with E-state index in [1.807, 2.05) is 30.1 Å². The number of hydrogen-bond acceptors (Lipinski definition) is 6. The van der Waals surface area contributed by atoms with E-state index in [-0.39, 0.29) is 0 Å². The number of piperidine rings is 1. The molecule has 6 nitrogen and oxygen atoms in total. The van der Waals surface area contributed by atoms with E-state index in [0.717, 1.165) is 47.4 Å². The molecule has 0 saturated carbocycles. The van der Waals surface area contributed by atoms with Crippen LogP contribution in [0.2, 0.25) is 0 Å². The lowest BCUT2D eigenvalue weighted by atomic mass is 9.94. The Morgan fingerprint density at radius 1 is 1.22 bits per heavy atom. The van der Waals surface area contributed by atoms with Gasteiger partial charge in [0.05, 0.1) is 5.69 Å². The fourth-order valence-corrected chi connectivity index (χ4v) is 4.80. The first-order chi connectivity index (χ1) is 13.3. The number of rotatable bonds is 4. The SMILES string of the molecule is Cn1nccc1C1CCCN(Cc2csc(-c3ccc4c(c3)OCO4)n2)C1. The average Bonchev–Trinajstić information content (AvgIpc) is 3.41. The molecular weight excluding hydrogens is 360 g/mol. The lowest BCUT2D eigenvalue weighted by Gasteiger charge is -2.32. The molecule has 1 aromatic carbocycles. The normalized spacial score (nSPS) is 19.5. The molecule has 0 spiro atoms. The first-order valence-electron chi connectivity index (χ1n) is 9.31. The highest BCUT2D eigenvalue weighted by Gasteiger charge is 2.24. The Bertz CT molecular complexity index is 951. The monoisotopic (exact) mass is 382 g/mol. The molecule has 140 valence electrons. The van der Waals surface area contributed by atoms with Crippen LogP contribution in [-0.4, -0.2) is 39.5 Å². The molecule has 0 N–H and O–H groups in total. The largest absolute Gasteiger partial charge is 0.454 e. The molecule has 0 aliphatic carbocycles. The van der Waals surface area contributed by atoms with E-state index in [1.54, 1.807) is 11.3 Å². The molecule has 1 atom stereocenters. The summed E-state index contributed by atoms with van der Waals surface area (Å²) in [7, 11) is 2.03. The van der Waals surface area contributed by atoms with Crippen LogP contribution in [0.15, 0.2) is 35.8 Å². The molecule has 0 bridgehead atoms. The Labute approximate surface area is 162 Å². The first kappa shape index (κ1) is 16.8. The maximum Gasteiger partial charge on any atom is 0.231 e. The minimum Gasteiger partial charge on any atom is -0.454 e. The molecule has 0 radical (unpaired) electrons. The highest BCUT2D eigenvalue weighted by molar-refractivity contribution is 7.13. The van der Waals surface area contributed by atoms with E-state index in [2.05, 4.69) is 27.5 Å². The number of benzene rings is 1. The van der Waals surface area contributed by atoms with Crippen molar-refractivity contribution in [2.24, 2.45) is 7.05 Å². The number of aromatic nitrogens is 3. The van der Waals surface area contributed by atoms with Crippen molar-refractivity contribution >= 4 is 11.3 Å². The lowest BCUT2D eigenvalue weighted by molar-refractivity contribution is 0.174. The molecular formula is C20H22N4O2S. The highest BCUT2D eigenvalue weighted by Crippen LogP contribution is 2.37. The van der Waals surface area contributed by atoms with Gasteiger partial charge in [0.15, 0.2) is 11.5 Å². The van der Waals surface area contributed by atoms with E-state index in [0.29, 0.717) is 12.7 Å². The summed E-state index contributed by atoms with van der Waals surface area (Å²) in [5.41, 5.74) is 3.55. The predicted octanol–water partition coefficient (Wildman–Crippen LogP) is 3.65. The summed E-state index contributed by atoms with van der Waals surface area (Å²) in [6.07, 6.45) is 4.34. The van der Waals surface area contributed by atoms with Gasteiger partial charge in [-0.3, -0.25) is 9.58 Å². The van der Waals surface area contributed by atoms with Gasteiger partial charge in [0.2, 0.25) is 6.79 Å². The van der Waals surface area contributed by atoms with Crippen molar-refractivity contribution < 1.29 is 9.47 Å². The smallest absolute Gasteiger partial charge is 0.231 e. The predicted molar refractivity (Wildman–Crippen MR) is 104 cm³/mol. The van der Waals surface area contributed by atoms with E-state index in [1.165, 1.54) is 18.5 Å². The number of likely N-dealkylation sites (tertiary alicyclic amines) is 1. The zero-order valence-electron chi connectivity index (χ0n) is 15.3. The second kappa shape index (κ2) is 6.98. The van der Waals surface area contributed by atoms with Crippen LogP contribution in [0.3, 0.4) is 0 Å². The zero-order valence-corrected chi connectivity index (χ0v) is 16.1. The van der Waals surface area contributed by atoms with Crippen molar-refractivity contribution in [2.45, 2.75) is 25.3 Å². The van der Waals surface area contributed by atoms with E-state index in [4.69, 9.17) is 14.5 Å².